The Morgan fingerprint density at radius 1 is 0.875 bits per heavy atom. The number of nitrogens with zero attached hydrogens (tertiary/aromatic N) is 6. The van der Waals surface area contributed by atoms with Gasteiger partial charge in [-0.15, -0.1) is 0 Å². The molecule has 0 spiro atoms. The number of carbonyl (C=O) groups is 1. The van der Waals surface area contributed by atoms with Crippen LogP contribution in [0, 0.1) is 0 Å². The van der Waals surface area contributed by atoms with Crippen molar-refractivity contribution in [1.29, 1.82) is 0 Å². The summed E-state index contributed by atoms with van der Waals surface area (Å²) in [6.45, 7) is 11.2. The van der Waals surface area contributed by atoms with Crippen LogP contribution in [0.25, 0.3) is 38.8 Å². The lowest BCUT2D eigenvalue weighted by atomic mass is 10.0. The summed E-state index contributed by atoms with van der Waals surface area (Å²) in [6, 6.07) is 19.0. The molecule has 1 amide bonds. The molecule has 0 saturated carbocycles. The fraction of sp³-hybridized carbons (Fsp3) is 0.312. The summed E-state index contributed by atoms with van der Waals surface area (Å²) in [6.07, 6.45) is 7.38. The van der Waals surface area contributed by atoms with E-state index >= 15 is 0 Å². The van der Waals surface area contributed by atoms with Crippen molar-refractivity contribution in [2.24, 2.45) is 0 Å². The van der Waals surface area contributed by atoms with Crippen LogP contribution in [0.1, 0.15) is 34.6 Å². The lowest BCUT2D eigenvalue weighted by Gasteiger charge is -2.45. The van der Waals surface area contributed by atoms with Gasteiger partial charge in [-0.05, 0) is 70.0 Å². The maximum Gasteiger partial charge on any atom is 0.410 e. The second-order valence-electron chi connectivity index (χ2n) is 11.6. The van der Waals surface area contributed by atoms with Crippen molar-refractivity contribution in [1.82, 2.24) is 24.5 Å². The fourth-order valence-corrected chi connectivity index (χ4v) is 5.68. The number of amides is 1. The van der Waals surface area contributed by atoms with Gasteiger partial charge in [0.15, 0.2) is 5.65 Å². The Hall–Kier alpha value is -4.46. The topological polar surface area (TPSA) is 75.9 Å². The standard InChI is InChI=1S/C32H34N6O2/c1-21-18-36(31(39)40-32(3,4)5)19-22(2)38(21)25-12-10-23(11-13-25)24-16-34-30-28(17-35-37(30)20-24)26-14-15-33-29-9-7-6-8-27(26)29/h6-17,20-22H,18-19H2,1-5H3/t21-,22?/m1/s1. The van der Waals surface area contributed by atoms with Crippen molar-refractivity contribution in [3.63, 3.8) is 0 Å². The van der Waals surface area contributed by atoms with Gasteiger partial charge < -0.3 is 14.5 Å². The number of aromatic nitrogens is 4. The van der Waals surface area contributed by atoms with E-state index in [-0.39, 0.29) is 18.2 Å². The van der Waals surface area contributed by atoms with Crippen molar-refractivity contribution in [3.8, 4) is 22.3 Å². The highest BCUT2D eigenvalue weighted by Crippen LogP contribution is 2.32. The SMILES string of the molecule is CC1CN(C(=O)OC(C)(C)C)C[C@@H](C)N1c1ccc(-c2cnc3c(-c4ccnc5ccccc45)cnn3c2)cc1. The average molecular weight is 535 g/mol. The number of carbonyl (C=O) groups excluding carboxylic acids is 1. The van der Waals surface area contributed by atoms with E-state index in [1.54, 1.807) is 0 Å². The first-order valence-corrected chi connectivity index (χ1v) is 13.7. The number of anilines is 1. The van der Waals surface area contributed by atoms with Crippen LogP contribution in [-0.2, 0) is 4.74 Å². The summed E-state index contributed by atoms with van der Waals surface area (Å²) in [7, 11) is 0. The molecule has 1 aliphatic rings. The molecule has 8 heteroatoms. The first kappa shape index (κ1) is 25.8. The Bertz CT molecular complexity index is 1670. The van der Waals surface area contributed by atoms with E-state index in [1.807, 2.05) is 79.2 Å². The summed E-state index contributed by atoms with van der Waals surface area (Å²) in [5.41, 5.74) is 6.50. The molecule has 0 aliphatic carbocycles. The molecule has 6 rings (SSSR count). The van der Waals surface area contributed by atoms with Crippen molar-refractivity contribution >= 4 is 28.3 Å². The highest BCUT2D eigenvalue weighted by atomic mass is 16.6. The summed E-state index contributed by atoms with van der Waals surface area (Å²) in [4.78, 5) is 26.1. The van der Waals surface area contributed by atoms with E-state index in [4.69, 9.17) is 9.72 Å². The van der Waals surface area contributed by atoms with Crippen molar-refractivity contribution < 1.29 is 9.53 Å². The Morgan fingerprint density at radius 2 is 1.60 bits per heavy atom. The van der Waals surface area contributed by atoms with Gasteiger partial charge in [0.2, 0.25) is 0 Å². The highest BCUT2D eigenvalue weighted by molar-refractivity contribution is 5.97. The molecule has 3 aromatic heterocycles. The maximum atomic E-state index is 12.7. The van der Waals surface area contributed by atoms with E-state index < -0.39 is 5.60 Å². The second-order valence-corrected chi connectivity index (χ2v) is 11.6. The van der Waals surface area contributed by atoms with Gasteiger partial charge in [-0.2, -0.15) is 5.10 Å². The molecule has 1 unspecified atom stereocenters. The van der Waals surface area contributed by atoms with Crippen LogP contribution >= 0.6 is 0 Å². The molecule has 0 bridgehead atoms. The number of hydrogen-bond donors (Lipinski definition) is 0. The highest BCUT2D eigenvalue weighted by Gasteiger charge is 2.34. The Kier molecular flexibility index (Phi) is 6.41. The van der Waals surface area contributed by atoms with E-state index in [1.165, 1.54) is 0 Å². The average Bonchev–Trinajstić information content (AvgIpc) is 3.35. The number of ether oxygens (including phenoxy) is 1. The molecule has 2 aromatic carbocycles. The molecule has 1 fully saturated rings. The number of rotatable bonds is 3. The summed E-state index contributed by atoms with van der Waals surface area (Å²) < 4.78 is 7.45. The van der Waals surface area contributed by atoms with Crippen LogP contribution in [0.4, 0.5) is 10.5 Å². The first-order chi connectivity index (χ1) is 19.2. The van der Waals surface area contributed by atoms with Crippen LogP contribution < -0.4 is 4.90 Å². The minimum Gasteiger partial charge on any atom is -0.444 e. The molecule has 40 heavy (non-hydrogen) atoms. The lowest BCUT2D eigenvalue weighted by Crippen LogP contribution is -2.58. The zero-order valence-electron chi connectivity index (χ0n) is 23.6. The van der Waals surface area contributed by atoms with Gasteiger partial charge in [0.1, 0.15) is 5.60 Å². The van der Waals surface area contributed by atoms with Crippen LogP contribution in [0.5, 0.6) is 0 Å². The van der Waals surface area contributed by atoms with Gasteiger partial charge in [0.05, 0.1) is 11.7 Å². The monoisotopic (exact) mass is 534 g/mol. The number of hydrogen-bond acceptors (Lipinski definition) is 6. The third-order valence-electron chi connectivity index (χ3n) is 7.37. The van der Waals surface area contributed by atoms with Gasteiger partial charge >= 0.3 is 6.09 Å². The summed E-state index contributed by atoms with van der Waals surface area (Å²) in [5.74, 6) is 0. The Balaban J connectivity index is 1.22. The molecule has 2 atom stereocenters. The fourth-order valence-electron chi connectivity index (χ4n) is 5.68. The molecule has 1 saturated heterocycles. The van der Waals surface area contributed by atoms with E-state index in [0.29, 0.717) is 13.1 Å². The predicted octanol–water partition coefficient (Wildman–Crippen LogP) is 6.45. The van der Waals surface area contributed by atoms with Crippen molar-refractivity contribution in [2.75, 3.05) is 18.0 Å². The van der Waals surface area contributed by atoms with Crippen LogP contribution in [0.3, 0.4) is 0 Å². The van der Waals surface area contributed by atoms with Gasteiger partial charge in [0.25, 0.3) is 0 Å². The minimum atomic E-state index is -0.500. The number of piperazine rings is 1. The maximum absolute atomic E-state index is 12.7. The number of pyridine rings is 1. The Labute approximate surface area is 234 Å². The first-order valence-electron chi connectivity index (χ1n) is 13.7. The molecular weight excluding hydrogens is 500 g/mol. The van der Waals surface area contributed by atoms with Crippen molar-refractivity contribution in [3.05, 3.63) is 79.4 Å². The van der Waals surface area contributed by atoms with Crippen LogP contribution in [0.2, 0.25) is 0 Å². The van der Waals surface area contributed by atoms with Crippen molar-refractivity contribution in [2.45, 2.75) is 52.3 Å². The third-order valence-corrected chi connectivity index (χ3v) is 7.37. The molecule has 0 N–H and O–H groups in total. The van der Waals surface area contributed by atoms with E-state index in [9.17, 15) is 4.79 Å². The zero-order chi connectivity index (χ0) is 28.0. The number of fused-ring (bicyclic) bond motifs is 2. The Morgan fingerprint density at radius 3 is 2.33 bits per heavy atom. The molecule has 4 heterocycles. The third kappa shape index (κ3) is 4.85. The van der Waals surface area contributed by atoms with Gasteiger partial charge in [-0.1, -0.05) is 30.3 Å². The number of para-hydroxylation sites is 1. The smallest absolute Gasteiger partial charge is 0.410 e. The molecule has 8 nitrogen and oxygen atoms in total. The van der Waals surface area contributed by atoms with Crippen LogP contribution in [-0.4, -0.2) is 61.3 Å². The minimum absolute atomic E-state index is 0.159. The number of benzene rings is 2. The van der Waals surface area contributed by atoms with E-state index in [2.05, 4.69) is 59.2 Å². The zero-order valence-corrected chi connectivity index (χ0v) is 23.6. The molecular formula is C32H34N6O2. The van der Waals surface area contributed by atoms with Gasteiger partial charge in [-0.25, -0.2) is 14.3 Å². The molecule has 0 radical (unpaired) electrons. The van der Waals surface area contributed by atoms with Gasteiger partial charge in [-0.3, -0.25) is 4.98 Å². The van der Waals surface area contributed by atoms with Gasteiger partial charge in [0, 0.05) is 66.0 Å². The lowest BCUT2D eigenvalue weighted by molar-refractivity contribution is 0.0193. The summed E-state index contributed by atoms with van der Waals surface area (Å²) >= 11 is 0. The largest absolute Gasteiger partial charge is 0.444 e. The predicted molar refractivity (Wildman–Crippen MR) is 158 cm³/mol. The molecule has 1 aliphatic heterocycles. The second kappa shape index (κ2) is 9.93. The summed E-state index contributed by atoms with van der Waals surface area (Å²) in [5, 5.41) is 5.71. The quantitative estimate of drug-likeness (QED) is 0.265. The molecule has 5 aromatic rings. The normalized spacial score (nSPS) is 17.9. The van der Waals surface area contributed by atoms with E-state index in [0.717, 1.165) is 44.5 Å². The molecule has 204 valence electrons. The van der Waals surface area contributed by atoms with Crippen LogP contribution in [0.15, 0.2) is 79.4 Å².